The van der Waals surface area contributed by atoms with E-state index in [0.29, 0.717) is 14.9 Å². The molecule has 5 rings (SSSR count). The minimum atomic E-state index is -1.05. The molecule has 7 heteroatoms. The van der Waals surface area contributed by atoms with Crippen molar-refractivity contribution in [2.75, 3.05) is 4.90 Å². The summed E-state index contributed by atoms with van der Waals surface area (Å²) in [6.07, 6.45) is 1.91. The van der Waals surface area contributed by atoms with Crippen LogP contribution in [0.2, 0.25) is 0 Å². The molecule has 0 aliphatic carbocycles. The summed E-state index contributed by atoms with van der Waals surface area (Å²) in [6, 6.07) is 22.9. The number of thiocarbonyl (C=S) groups is 1. The van der Waals surface area contributed by atoms with E-state index in [1.165, 1.54) is 39.9 Å². The van der Waals surface area contributed by atoms with E-state index in [2.05, 4.69) is 54.8 Å². The molecule has 1 saturated heterocycles. The van der Waals surface area contributed by atoms with Gasteiger partial charge in [0.2, 0.25) is 0 Å². The lowest BCUT2D eigenvalue weighted by Gasteiger charge is -2.14. The number of nitrogens with zero attached hydrogens (tertiary/aromatic N) is 2. The number of benzene rings is 3. The molecule has 35 heavy (non-hydrogen) atoms. The number of carboxylic acids is 1. The second kappa shape index (κ2) is 9.17. The third kappa shape index (κ3) is 4.29. The molecule has 0 saturated carbocycles. The van der Waals surface area contributed by atoms with Gasteiger partial charge in [-0.25, -0.2) is 4.79 Å². The molecular weight excluding hydrogens is 476 g/mol. The van der Waals surface area contributed by atoms with Crippen LogP contribution < -0.4 is 4.90 Å². The highest BCUT2D eigenvalue weighted by Gasteiger charge is 2.34. The topological polar surface area (TPSA) is 62.5 Å². The first-order chi connectivity index (χ1) is 16.8. The number of thioether (sulfide) groups is 1. The van der Waals surface area contributed by atoms with Crippen molar-refractivity contribution in [3.8, 4) is 0 Å². The number of carboxylic acid groups (broad SMARTS) is 1. The summed E-state index contributed by atoms with van der Waals surface area (Å²) in [5, 5.41) is 10.4. The Morgan fingerprint density at radius 2 is 1.80 bits per heavy atom. The second-order valence-electron chi connectivity index (χ2n) is 8.46. The number of aromatic carboxylic acids is 1. The van der Waals surface area contributed by atoms with Gasteiger partial charge in [-0.05, 0) is 49.8 Å². The van der Waals surface area contributed by atoms with Crippen LogP contribution in [0.25, 0.3) is 17.0 Å². The number of rotatable bonds is 5. The van der Waals surface area contributed by atoms with Crippen LogP contribution in [-0.2, 0) is 11.3 Å². The minimum Gasteiger partial charge on any atom is -0.478 e. The Bertz CT molecular complexity index is 1550. The van der Waals surface area contributed by atoms with Crippen LogP contribution in [-0.4, -0.2) is 25.9 Å². The van der Waals surface area contributed by atoms with Crippen LogP contribution in [0, 0.1) is 13.8 Å². The van der Waals surface area contributed by atoms with Gasteiger partial charge in [-0.1, -0.05) is 78.1 Å². The maximum Gasteiger partial charge on any atom is 0.335 e. The van der Waals surface area contributed by atoms with E-state index >= 15 is 0 Å². The molecule has 1 aliphatic rings. The summed E-state index contributed by atoms with van der Waals surface area (Å²) in [6.45, 7) is 4.88. The predicted octanol–water partition coefficient (Wildman–Crippen LogP) is 6.41. The lowest BCUT2D eigenvalue weighted by atomic mass is 10.1. The zero-order chi connectivity index (χ0) is 24.7. The maximum atomic E-state index is 13.4. The number of carbonyl (C=O) groups excluding carboxylic acids is 1. The molecule has 2 heterocycles. The number of hydrogen-bond acceptors (Lipinski definition) is 4. The van der Waals surface area contributed by atoms with Crippen LogP contribution in [0.5, 0.6) is 0 Å². The molecule has 3 aromatic carbocycles. The monoisotopic (exact) mass is 498 g/mol. The largest absolute Gasteiger partial charge is 0.478 e. The SMILES string of the molecule is Cc1cccc(Cn2c(C)c(/C=C3/SC(=S)N(c4cccc(C(=O)O)c4)C3=O)c3ccccc32)c1. The molecule has 1 aliphatic heterocycles. The predicted molar refractivity (Wildman–Crippen MR) is 146 cm³/mol. The van der Waals surface area contributed by atoms with Crippen molar-refractivity contribution in [1.29, 1.82) is 0 Å². The number of aryl methyl sites for hydroxylation is 1. The van der Waals surface area contributed by atoms with Crippen LogP contribution >= 0.6 is 24.0 Å². The molecule has 0 spiro atoms. The van der Waals surface area contributed by atoms with E-state index in [0.717, 1.165) is 28.7 Å². The highest BCUT2D eigenvalue weighted by atomic mass is 32.2. The lowest BCUT2D eigenvalue weighted by Crippen LogP contribution is -2.27. The van der Waals surface area contributed by atoms with Gasteiger partial charge in [-0.3, -0.25) is 9.69 Å². The van der Waals surface area contributed by atoms with Gasteiger partial charge in [0.1, 0.15) is 0 Å². The highest BCUT2D eigenvalue weighted by Crippen LogP contribution is 2.38. The molecule has 1 amide bonds. The summed E-state index contributed by atoms with van der Waals surface area (Å²) < 4.78 is 2.65. The van der Waals surface area contributed by atoms with Crippen molar-refractivity contribution < 1.29 is 14.7 Å². The van der Waals surface area contributed by atoms with Gasteiger partial charge in [-0.2, -0.15) is 0 Å². The van der Waals surface area contributed by atoms with Crippen molar-refractivity contribution in [2.45, 2.75) is 20.4 Å². The Labute approximate surface area is 212 Å². The third-order valence-corrected chi connectivity index (χ3v) is 7.43. The van der Waals surface area contributed by atoms with Gasteiger partial charge < -0.3 is 9.67 Å². The van der Waals surface area contributed by atoms with Crippen molar-refractivity contribution in [3.05, 3.63) is 106 Å². The van der Waals surface area contributed by atoms with Crippen LogP contribution in [0.15, 0.2) is 77.7 Å². The van der Waals surface area contributed by atoms with Gasteiger partial charge in [0.15, 0.2) is 4.32 Å². The number of amides is 1. The molecule has 0 atom stereocenters. The Hall–Kier alpha value is -3.68. The molecule has 5 nitrogen and oxygen atoms in total. The fraction of sp³-hybridized carbons (Fsp3) is 0.107. The van der Waals surface area contributed by atoms with Gasteiger partial charge >= 0.3 is 5.97 Å². The molecule has 1 aromatic heterocycles. The number of fused-ring (bicyclic) bond motifs is 1. The van der Waals surface area contributed by atoms with Crippen molar-refractivity contribution >= 4 is 62.8 Å². The molecule has 0 radical (unpaired) electrons. The second-order valence-corrected chi connectivity index (χ2v) is 10.1. The molecular formula is C28H22N2O3S2. The smallest absolute Gasteiger partial charge is 0.335 e. The molecule has 0 bridgehead atoms. The maximum absolute atomic E-state index is 13.4. The normalized spacial score (nSPS) is 14.9. The number of anilines is 1. The fourth-order valence-electron chi connectivity index (χ4n) is 4.44. The molecule has 174 valence electrons. The van der Waals surface area contributed by atoms with Crippen molar-refractivity contribution in [2.24, 2.45) is 0 Å². The van der Waals surface area contributed by atoms with E-state index in [-0.39, 0.29) is 11.5 Å². The summed E-state index contributed by atoms with van der Waals surface area (Å²) in [4.78, 5) is 26.7. The average molecular weight is 499 g/mol. The number of carbonyl (C=O) groups is 2. The van der Waals surface area contributed by atoms with E-state index in [1.54, 1.807) is 12.1 Å². The van der Waals surface area contributed by atoms with E-state index in [9.17, 15) is 14.7 Å². The summed E-state index contributed by atoms with van der Waals surface area (Å²) >= 11 is 6.74. The zero-order valence-corrected chi connectivity index (χ0v) is 20.8. The van der Waals surface area contributed by atoms with Gasteiger partial charge in [-0.15, -0.1) is 0 Å². The summed E-state index contributed by atoms with van der Waals surface area (Å²) in [5.41, 5.74) is 6.13. The Morgan fingerprint density at radius 3 is 2.57 bits per heavy atom. The quantitative estimate of drug-likeness (QED) is 0.254. The first kappa shape index (κ1) is 23.1. The summed E-state index contributed by atoms with van der Waals surface area (Å²) in [7, 11) is 0. The zero-order valence-electron chi connectivity index (χ0n) is 19.2. The molecule has 4 aromatic rings. The standard InChI is InChI=1S/C28H22N2O3S2/c1-17-7-5-8-19(13-17)16-29-18(2)23(22-11-3-4-12-24(22)29)15-25-26(31)30(28(34)35-25)21-10-6-9-20(14-21)27(32)33/h3-15H,16H2,1-2H3,(H,32,33)/b25-15+. The van der Waals surface area contributed by atoms with E-state index in [4.69, 9.17) is 12.2 Å². The first-order valence-electron chi connectivity index (χ1n) is 11.1. The Kier molecular flexibility index (Phi) is 6.05. The first-order valence-corrected chi connectivity index (χ1v) is 12.3. The molecule has 0 unspecified atom stereocenters. The Morgan fingerprint density at radius 1 is 1.03 bits per heavy atom. The van der Waals surface area contributed by atoms with Gasteiger partial charge in [0.05, 0.1) is 16.2 Å². The van der Waals surface area contributed by atoms with Crippen molar-refractivity contribution in [3.63, 3.8) is 0 Å². The van der Waals surface area contributed by atoms with Crippen molar-refractivity contribution in [1.82, 2.24) is 4.57 Å². The van der Waals surface area contributed by atoms with E-state index < -0.39 is 5.97 Å². The average Bonchev–Trinajstić information content (AvgIpc) is 3.27. The highest BCUT2D eigenvalue weighted by molar-refractivity contribution is 8.27. The van der Waals surface area contributed by atoms with E-state index in [1.807, 2.05) is 18.2 Å². The van der Waals surface area contributed by atoms with Gasteiger partial charge in [0.25, 0.3) is 5.91 Å². The van der Waals surface area contributed by atoms with Crippen LogP contribution in [0.3, 0.4) is 0 Å². The molecule has 1 N–H and O–H groups in total. The van der Waals surface area contributed by atoms with Crippen LogP contribution in [0.1, 0.15) is 32.7 Å². The summed E-state index contributed by atoms with van der Waals surface area (Å²) in [5.74, 6) is -1.30. The Balaban J connectivity index is 1.56. The number of para-hydroxylation sites is 1. The molecule has 1 fully saturated rings. The number of hydrogen-bond donors (Lipinski definition) is 1. The lowest BCUT2D eigenvalue weighted by molar-refractivity contribution is -0.113. The number of aromatic nitrogens is 1. The third-order valence-electron chi connectivity index (χ3n) is 6.12. The van der Waals surface area contributed by atoms with Crippen LogP contribution in [0.4, 0.5) is 5.69 Å². The van der Waals surface area contributed by atoms with Gasteiger partial charge in [0, 0.05) is 28.7 Å². The fourth-order valence-corrected chi connectivity index (χ4v) is 5.72. The minimum absolute atomic E-state index is 0.107.